The normalized spacial score (nSPS) is 15.9. The molecule has 0 spiro atoms. The van der Waals surface area contributed by atoms with E-state index in [2.05, 4.69) is 191 Å². The summed E-state index contributed by atoms with van der Waals surface area (Å²) in [6, 6.07) is 64.9. The van der Waals surface area contributed by atoms with Gasteiger partial charge in [-0.05, 0) is 76.9 Å². The number of rotatable bonds is 5. The van der Waals surface area contributed by atoms with Gasteiger partial charge in [0, 0.05) is 53.0 Å². The van der Waals surface area contributed by atoms with Crippen molar-refractivity contribution in [2.24, 2.45) is 4.99 Å². The Kier molecular flexibility index (Phi) is 7.24. The van der Waals surface area contributed by atoms with Crippen LogP contribution in [0.15, 0.2) is 191 Å². The maximum atomic E-state index is 6.53. The molecule has 4 heterocycles. The molecule has 0 radical (unpaired) electrons. The number of hydrogen-bond donors (Lipinski definition) is 2. The second-order valence-electron chi connectivity index (χ2n) is 14.8. The van der Waals surface area contributed by atoms with Crippen molar-refractivity contribution in [2.75, 3.05) is 0 Å². The van der Waals surface area contributed by atoms with Gasteiger partial charge in [-0.1, -0.05) is 127 Å². The molecule has 0 amide bonds. The standard InChI is InChI=1S/C51H34N4OS/c1-3-12-31(13-4-1)49-52-50(32-14-5-2-6-15-32)54-51(53-49)41-19-11-18-40-39-26-23-34(29-47(39)57-48(40)41)33-22-25-38-42-30-35(24-27-45(42)56-46(38)28-33)55-43-20-9-7-16-36(43)37-17-8-10-21-44(37)55/h1-30,49-50,52H,(H,53,54). The van der Waals surface area contributed by atoms with Crippen molar-refractivity contribution in [1.82, 2.24) is 15.2 Å². The molecule has 5 nitrogen and oxygen atoms in total. The Morgan fingerprint density at radius 1 is 0.509 bits per heavy atom. The molecule has 0 saturated heterocycles. The minimum absolute atomic E-state index is 0.0893. The average Bonchev–Trinajstić information content (AvgIpc) is 3.95. The molecule has 0 fully saturated rings. The van der Waals surface area contributed by atoms with Gasteiger partial charge in [0.15, 0.2) is 0 Å². The summed E-state index contributed by atoms with van der Waals surface area (Å²) in [7, 11) is 0. The molecule has 0 bridgehead atoms. The van der Waals surface area contributed by atoms with Crippen LogP contribution in [0.2, 0.25) is 0 Å². The van der Waals surface area contributed by atoms with Crippen LogP contribution in [0.25, 0.3) is 80.7 Å². The van der Waals surface area contributed by atoms with E-state index in [0.29, 0.717) is 0 Å². The first-order valence-corrected chi connectivity index (χ1v) is 20.2. The first-order valence-electron chi connectivity index (χ1n) is 19.3. The summed E-state index contributed by atoms with van der Waals surface area (Å²) in [4.78, 5) is 5.27. The van der Waals surface area contributed by atoms with E-state index in [9.17, 15) is 0 Å². The summed E-state index contributed by atoms with van der Waals surface area (Å²) < 4.78 is 11.4. The van der Waals surface area contributed by atoms with Gasteiger partial charge in [0.2, 0.25) is 0 Å². The summed E-state index contributed by atoms with van der Waals surface area (Å²) in [6.07, 6.45) is -0.272. The maximum Gasteiger partial charge on any atom is 0.136 e. The van der Waals surface area contributed by atoms with E-state index in [4.69, 9.17) is 9.41 Å². The van der Waals surface area contributed by atoms with Crippen LogP contribution in [0.3, 0.4) is 0 Å². The van der Waals surface area contributed by atoms with Crippen LogP contribution in [0.5, 0.6) is 0 Å². The van der Waals surface area contributed by atoms with Crippen molar-refractivity contribution in [3.8, 4) is 16.8 Å². The summed E-state index contributed by atoms with van der Waals surface area (Å²) >= 11 is 1.83. The third kappa shape index (κ3) is 5.22. The Balaban J connectivity index is 0.928. The first-order chi connectivity index (χ1) is 28.2. The Morgan fingerprint density at radius 3 is 1.95 bits per heavy atom. The largest absolute Gasteiger partial charge is 0.456 e. The number of amidine groups is 1. The minimum atomic E-state index is -0.183. The van der Waals surface area contributed by atoms with Gasteiger partial charge in [-0.15, -0.1) is 11.3 Å². The Bertz CT molecular complexity index is 3320. The smallest absolute Gasteiger partial charge is 0.136 e. The van der Waals surface area contributed by atoms with Crippen molar-refractivity contribution in [3.05, 3.63) is 199 Å². The average molecular weight is 751 g/mol. The molecular weight excluding hydrogens is 717 g/mol. The quantitative estimate of drug-likeness (QED) is 0.184. The van der Waals surface area contributed by atoms with Crippen molar-refractivity contribution >= 4 is 81.1 Å². The number of para-hydroxylation sites is 2. The van der Waals surface area contributed by atoms with Gasteiger partial charge in [0.05, 0.1) is 11.0 Å². The molecule has 6 heteroatoms. The number of benzene rings is 8. The fourth-order valence-electron chi connectivity index (χ4n) is 8.77. The van der Waals surface area contributed by atoms with E-state index in [1.807, 2.05) is 17.4 Å². The Hall–Kier alpha value is -6.99. The second kappa shape index (κ2) is 12.8. The highest BCUT2D eigenvalue weighted by Crippen LogP contribution is 2.41. The van der Waals surface area contributed by atoms with E-state index in [0.717, 1.165) is 55.7 Å². The predicted molar refractivity (Wildman–Crippen MR) is 238 cm³/mol. The fourth-order valence-corrected chi connectivity index (χ4v) is 10.0. The molecule has 3 aromatic heterocycles. The molecular formula is C51H34N4OS. The van der Waals surface area contributed by atoms with Crippen LogP contribution >= 0.6 is 11.3 Å². The van der Waals surface area contributed by atoms with E-state index >= 15 is 0 Å². The maximum absolute atomic E-state index is 6.53. The van der Waals surface area contributed by atoms with Crippen LogP contribution in [-0.2, 0) is 0 Å². The first kappa shape index (κ1) is 32.3. The number of nitrogens with zero attached hydrogens (tertiary/aromatic N) is 2. The zero-order chi connectivity index (χ0) is 37.5. The van der Waals surface area contributed by atoms with Gasteiger partial charge < -0.3 is 14.3 Å². The highest BCUT2D eigenvalue weighted by molar-refractivity contribution is 7.26. The number of aromatic nitrogens is 1. The Labute approximate surface area is 332 Å². The fraction of sp³-hybridized carbons (Fsp3) is 0.0392. The van der Waals surface area contributed by atoms with Crippen molar-refractivity contribution in [1.29, 1.82) is 0 Å². The molecule has 8 aromatic carbocycles. The molecule has 0 saturated carbocycles. The lowest BCUT2D eigenvalue weighted by Gasteiger charge is -2.32. The number of nitrogens with one attached hydrogen (secondary N) is 2. The molecule has 12 rings (SSSR count). The van der Waals surface area contributed by atoms with Gasteiger partial charge in [-0.3, -0.25) is 5.32 Å². The van der Waals surface area contributed by atoms with E-state index in [1.54, 1.807) is 0 Å². The molecule has 1 aliphatic heterocycles. The van der Waals surface area contributed by atoms with Crippen LogP contribution in [0.1, 0.15) is 29.0 Å². The molecule has 1 aliphatic rings. The highest BCUT2D eigenvalue weighted by atomic mass is 32.1. The van der Waals surface area contributed by atoms with Gasteiger partial charge in [0.25, 0.3) is 0 Å². The molecule has 11 aromatic rings. The molecule has 2 atom stereocenters. The lowest BCUT2D eigenvalue weighted by atomic mass is 10.0. The van der Waals surface area contributed by atoms with Crippen molar-refractivity contribution < 1.29 is 4.42 Å². The van der Waals surface area contributed by atoms with E-state index < -0.39 is 0 Å². The summed E-state index contributed by atoms with van der Waals surface area (Å²) in [5.41, 5.74) is 11.0. The molecule has 270 valence electrons. The molecule has 2 N–H and O–H groups in total. The van der Waals surface area contributed by atoms with Gasteiger partial charge in [0.1, 0.15) is 29.3 Å². The van der Waals surface area contributed by atoms with E-state index in [1.165, 1.54) is 47.5 Å². The Morgan fingerprint density at radius 2 is 1.18 bits per heavy atom. The topological polar surface area (TPSA) is 54.5 Å². The molecule has 0 aliphatic carbocycles. The number of fused-ring (bicyclic) bond motifs is 9. The van der Waals surface area contributed by atoms with Gasteiger partial charge in [-0.25, -0.2) is 4.99 Å². The lowest BCUT2D eigenvalue weighted by Crippen LogP contribution is -2.44. The minimum Gasteiger partial charge on any atom is -0.456 e. The van der Waals surface area contributed by atoms with Crippen LogP contribution in [0, 0.1) is 0 Å². The van der Waals surface area contributed by atoms with Crippen LogP contribution in [0.4, 0.5) is 0 Å². The zero-order valence-corrected chi connectivity index (χ0v) is 31.5. The van der Waals surface area contributed by atoms with Gasteiger partial charge >= 0.3 is 0 Å². The highest BCUT2D eigenvalue weighted by Gasteiger charge is 2.27. The van der Waals surface area contributed by atoms with Crippen LogP contribution < -0.4 is 10.6 Å². The third-order valence-corrected chi connectivity index (χ3v) is 12.7. The number of hydrogen-bond acceptors (Lipinski definition) is 5. The zero-order valence-electron chi connectivity index (χ0n) is 30.7. The number of thiophene rings is 1. The summed E-state index contributed by atoms with van der Waals surface area (Å²) in [6.45, 7) is 0. The molecule has 57 heavy (non-hydrogen) atoms. The monoisotopic (exact) mass is 750 g/mol. The van der Waals surface area contributed by atoms with Crippen molar-refractivity contribution in [2.45, 2.75) is 12.3 Å². The van der Waals surface area contributed by atoms with Gasteiger partial charge in [-0.2, -0.15) is 0 Å². The molecule has 2 unspecified atom stereocenters. The third-order valence-electron chi connectivity index (χ3n) is 11.5. The van der Waals surface area contributed by atoms with E-state index in [-0.39, 0.29) is 12.3 Å². The SMILES string of the molecule is c1ccc(C2N=C(c3cccc4c3sc3cc(-c5ccc6c(c5)oc5ccc(-n7c8ccccc8c8ccccc87)cc56)ccc34)NC(c3ccccc3)N2)cc1. The lowest BCUT2D eigenvalue weighted by molar-refractivity contribution is 0.409. The summed E-state index contributed by atoms with van der Waals surface area (Å²) in [5, 5.41) is 14.7. The van der Waals surface area contributed by atoms with Crippen molar-refractivity contribution in [3.63, 3.8) is 0 Å². The van der Waals surface area contributed by atoms with Crippen LogP contribution in [-0.4, -0.2) is 10.4 Å². The number of furan rings is 1. The second-order valence-corrected chi connectivity index (χ2v) is 15.9. The predicted octanol–water partition coefficient (Wildman–Crippen LogP) is 13.1. The summed E-state index contributed by atoms with van der Waals surface area (Å²) in [5.74, 6) is 0.894. The number of aliphatic imine (C=N–C) groups is 1.